The number of benzene rings is 1. The molecule has 1 atom stereocenters. The Morgan fingerprint density at radius 1 is 1.58 bits per heavy atom. The predicted molar refractivity (Wildman–Crippen MR) is 68.9 cm³/mol. The number of hydrogen-bond donors (Lipinski definition) is 1. The summed E-state index contributed by atoms with van der Waals surface area (Å²) < 4.78 is 13.2. The Bertz CT molecular complexity index is 497. The van der Waals surface area contributed by atoms with Crippen molar-refractivity contribution in [1.82, 2.24) is 4.90 Å². The smallest absolute Gasteiger partial charge is 0.304 e. The average molecular weight is 264 g/mol. The maximum Gasteiger partial charge on any atom is 0.304 e. The number of carbonyl (C=O) groups is 1. The fourth-order valence-corrected chi connectivity index (χ4v) is 1.95. The molecule has 0 fully saturated rings. The molecule has 0 bridgehead atoms. The standard InChI is InChI=1S/C14H17FN2O2/c1-3-17(10(2)6-14(18)19)9-11-4-5-13(15)12(7-11)8-16/h4-5,7,10H,3,6,9H2,1-2H3,(H,18,19). The molecule has 19 heavy (non-hydrogen) atoms. The van der Waals surface area contributed by atoms with Gasteiger partial charge in [-0.25, -0.2) is 4.39 Å². The summed E-state index contributed by atoms with van der Waals surface area (Å²) in [5, 5.41) is 17.6. The van der Waals surface area contributed by atoms with Crippen molar-refractivity contribution in [2.45, 2.75) is 32.9 Å². The zero-order valence-corrected chi connectivity index (χ0v) is 11.1. The third-order valence-corrected chi connectivity index (χ3v) is 3.04. The van der Waals surface area contributed by atoms with Crippen molar-refractivity contribution in [3.8, 4) is 6.07 Å². The molecule has 0 saturated carbocycles. The Morgan fingerprint density at radius 3 is 2.79 bits per heavy atom. The Morgan fingerprint density at radius 2 is 2.26 bits per heavy atom. The number of halogens is 1. The minimum atomic E-state index is -0.845. The number of rotatable bonds is 6. The normalized spacial score (nSPS) is 12.2. The van der Waals surface area contributed by atoms with Crippen molar-refractivity contribution >= 4 is 5.97 Å². The first-order valence-corrected chi connectivity index (χ1v) is 6.12. The van der Waals surface area contributed by atoms with Crippen LogP contribution in [0.4, 0.5) is 4.39 Å². The van der Waals surface area contributed by atoms with Gasteiger partial charge in [-0.2, -0.15) is 5.26 Å². The summed E-state index contributed by atoms with van der Waals surface area (Å²) >= 11 is 0. The van der Waals surface area contributed by atoms with Crippen molar-refractivity contribution in [2.75, 3.05) is 6.54 Å². The fourth-order valence-electron chi connectivity index (χ4n) is 1.95. The van der Waals surface area contributed by atoms with Gasteiger partial charge in [-0.3, -0.25) is 9.69 Å². The minimum absolute atomic E-state index is 0.0134. The molecule has 0 heterocycles. The van der Waals surface area contributed by atoms with E-state index >= 15 is 0 Å². The minimum Gasteiger partial charge on any atom is -0.481 e. The van der Waals surface area contributed by atoms with E-state index in [9.17, 15) is 9.18 Å². The second-order valence-electron chi connectivity index (χ2n) is 4.44. The number of hydrogen-bond acceptors (Lipinski definition) is 3. The van der Waals surface area contributed by atoms with Crippen LogP contribution in [0.1, 0.15) is 31.4 Å². The van der Waals surface area contributed by atoms with Crippen molar-refractivity contribution in [1.29, 1.82) is 5.26 Å². The van der Waals surface area contributed by atoms with Crippen LogP contribution in [-0.4, -0.2) is 28.6 Å². The summed E-state index contributed by atoms with van der Waals surface area (Å²) in [4.78, 5) is 12.7. The number of aliphatic carboxylic acids is 1. The van der Waals surface area contributed by atoms with Crippen LogP contribution in [0.15, 0.2) is 18.2 Å². The summed E-state index contributed by atoms with van der Waals surface area (Å²) in [6, 6.07) is 6.08. The molecule has 1 rings (SSSR count). The first-order valence-electron chi connectivity index (χ1n) is 6.12. The Balaban J connectivity index is 2.81. The van der Waals surface area contributed by atoms with Gasteiger partial charge in [-0.05, 0) is 31.2 Å². The topological polar surface area (TPSA) is 64.3 Å². The number of carboxylic acids is 1. The van der Waals surface area contributed by atoms with Crippen LogP contribution in [-0.2, 0) is 11.3 Å². The number of nitrogens with zero attached hydrogens (tertiary/aromatic N) is 2. The summed E-state index contributed by atoms with van der Waals surface area (Å²) in [6.07, 6.45) is 0.0557. The highest BCUT2D eigenvalue weighted by Gasteiger charge is 2.16. The molecular formula is C14H17FN2O2. The lowest BCUT2D eigenvalue weighted by molar-refractivity contribution is -0.138. The third-order valence-electron chi connectivity index (χ3n) is 3.04. The maximum absolute atomic E-state index is 13.2. The summed E-state index contributed by atoms with van der Waals surface area (Å²) in [7, 11) is 0. The molecule has 0 aromatic heterocycles. The maximum atomic E-state index is 13.2. The molecule has 1 unspecified atom stereocenters. The number of nitriles is 1. The van der Waals surface area contributed by atoms with Crippen LogP contribution in [0.5, 0.6) is 0 Å². The lowest BCUT2D eigenvalue weighted by Gasteiger charge is -2.26. The Hall–Kier alpha value is -1.93. The largest absolute Gasteiger partial charge is 0.481 e. The van der Waals surface area contributed by atoms with Crippen LogP contribution < -0.4 is 0 Å². The van der Waals surface area contributed by atoms with E-state index in [0.717, 1.165) is 5.56 Å². The molecule has 0 amide bonds. The van der Waals surface area contributed by atoms with Crippen molar-refractivity contribution < 1.29 is 14.3 Å². The average Bonchev–Trinajstić information content (AvgIpc) is 2.36. The lowest BCUT2D eigenvalue weighted by Crippen LogP contribution is -2.34. The summed E-state index contributed by atoms with van der Waals surface area (Å²) in [5.41, 5.74) is 0.816. The van der Waals surface area contributed by atoms with Gasteiger partial charge in [0.25, 0.3) is 0 Å². The van der Waals surface area contributed by atoms with Gasteiger partial charge in [-0.1, -0.05) is 13.0 Å². The van der Waals surface area contributed by atoms with Crippen molar-refractivity contribution in [2.24, 2.45) is 0 Å². The first-order chi connectivity index (χ1) is 8.97. The van der Waals surface area contributed by atoms with E-state index in [4.69, 9.17) is 10.4 Å². The van der Waals surface area contributed by atoms with Gasteiger partial charge < -0.3 is 5.11 Å². The highest BCUT2D eigenvalue weighted by molar-refractivity contribution is 5.67. The number of carboxylic acid groups (broad SMARTS) is 1. The second kappa shape index (κ2) is 6.86. The highest BCUT2D eigenvalue weighted by atomic mass is 19.1. The van der Waals surface area contributed by atoms with Crippen LogP contribution in [0.3, 0.4) is 0 Å². The molecule has 1 N–H and O–H groups in total. The molecule has 0 aliphatic rings. The molecule has 0 radical (unpaired) electrons. The Labute approximate surface area is 112 Å². The van der Waals surface area contributed by atoms with Gasteiger partial charge >= 0.3 is 5.97 Å². The lowest BCUT2D eigenvalue weighted by atomic mass is 10.1. The molecule has 102 valence electrons. The van der Waals surface area contributed by atoms with Crippen LogP contribution in [0.2, 0.25) is 0 Å². The van der Waals surface area contributed by atoms with Gasteiger partial charge in [-0.15, -0.1) is 0 Å². The zero-order valence-electron chi connectivity index (χ0n) is 11.1. The SMILES string of the molecule is CCN(Cc1ccc(F)c(C#N)c1)C(C)CC(=O)O. The van der Waals surface area contributed by atoms with Crippen molar-refractivity contribution in [3.05, 3.63) is 35.1 Å². The quantitative estimate of drug-likeness (QED) is 0.856. The molecule has 0 spiro atoms. The van der Waals surface area contributed by atoms with Gasteiger partial charge in [0.1, 0.15) is 11.9 Å². The molecule has 4 nitrogen and oxygen atoms in total. The fraction of sp³-hybridized carbons (Fsp3) is 0.429. The van der Waals surface area contributed by atoms with E-state index in [1.807, 2.05) is 18.7 Å². The molecule has 0 aliphatic carbocycles. The van der Waals surface area contributed by atoms with E-state index in [0.29, 0.717) is 13.1 Å². The summed E-state index contributed by atoms with van der Waals surface area (Å²) in [6.45, 7) is 4.97. The van der Waals surface area contributed by atoms with E-state index < -0.39 is 11.8 Å². The molecule has 0 aliphatic heterocycles. The van der Waals surface area contributed by atoms with Crippen LogP contribution in [0, 0.1) is 17.1 Å². The van der Waals surface area contributed by atoms with Gasteiger partial charge in [0.05, 0.1) is 12.0 Å². The monoisotopic (exact) mass is 264 g/mol. The summed E-state index contributed by atoms with van der Waals surface area (Å²) in [5.74, 6) is -1.38. The van der Waals surface area contributed by atoms with Crippen LogP contribution in [0.25, 0.3) is 0 Å². The molecule has 1 aromatic rings. The van der Waals surface area contributed by atoms with E-state index in [2.05, 4.69) is 0 Å². The van der Waals surface area contributed by atoms with Crippen molar-refractivity contribution in [3.63, 3.8) is 0 Å². The molecule has 1 aromatic carbocycles. The molecular weight excluding hydrogens is 247 g/mol. The Kier molecular flexibility index (Phi) is 5.46. The van der Waals surface area contributed by atoms with Gasteiger partial charge in [0.2, 0.25) is 0 Å². The van der Waals surface area contributed by atoms with E-state index in [1.165, 1.54) is 12.1 Å². The third kappa shape index (κ3) is 4.34. The molecule has 0 saturated heterocycles. The zero-order chi connectivity index (χ0) is 14.4. The van der Waals surface area contributed by atoms with E-state index in [-0.39, 0.29) is 18.0 Å². The van der Waals surface area contributed by atoms with E-state index in [1.54, 1.807) is 12.1 Å². The highest BCUT2D eigenvalue weighted by Crippen LogP contribution is 2.14. The van der Waals surface area contributed by atoms with Crippen LogP contribution >= 0.6 is 0 Å². The first kappa shape index (κ1) is 15.1. The predicted octanol–water partition coefficient (Wildman–Crippen LogP) is 2.38. The second-order valence-corrected chi connectivity index (χ2v) is 4.44. The van der Waals surface area contributed by atoms with Gasteiger partial charge in [0, 0.05) is 12.6 Å². The molecule has 5 heteroatoms. The van der Waals surface area contributed by atoms with Gasteiger partial charge in [0.15, 0.2) is 0 Å².